The van der Waals surface area contributed by atoms with Crippen molar-refractivity contribution in [2.75, 3.05) is 23.3 Å². The van der Waals surface area contributed by atoms with Gasteiger partial charge in [0.2, 0.25) is 5.91 Å². The molecule has 3 amide bonds. The lowest BCUT2D eigenvalue weighted by Gasteiger charge is -2.23. The van der Waals surface area contributed by atoms with Crippen molar-refractivity contribution in [1.29, 1.82) is 0 Å². The molecular weight excluding hydrogens is 280 g/mol. The largest absolute Gasteiger partial charge is 0.370 e. The van der Waals surface area contributed by atoms with E-state index in [2.05, 4.69) is 15.5 Å². The summed E-state index contributed by atoms with van der Waals surface area (Å²) in [6, 6.07) is 6.60. The van der Waals surface area contributed by atoms with Gasteiger partial charge in [-0.1, -0.05) is 26.0 Å². The number of rotatable bonds is 5. The van der Waals surface area contributed by atoms with Gasteiger partial charge < -0.3 is 21.3 Å². The molecule has 1 heterocycles. The Hall–Kier alpha value is -2.24. The van der Waals surface area contributed by atoms with Crippen LogP contribution < -0.4 is 21.3 Å². The van der Waals surface area contributed by atoms with E-state index >= 15 is 0 Å². The molecule has 1 aliphatic heterocycles. The van der Waals surface area contributed by atoms with Crippen molar-refractivity contribution in [3.8, 4) is 0 Å². The Kier molecular flexibility index (Phi) is 5.25. The van der Waals surface area contributed by atoms with E-state index < -0.39 is 18.0 Å². The Labute approximate surface area is 131 Å². The number of amides is 3. The van der Waals surface area contributed by atoms with Crippen molar-refractivity contribution in [2.24, 2.45) is 11.7 Å². The summed E-state index contributed by atoms with van der Waals surface area (Å²) in [5.74, 6) is -0.588. The lowest BCUT2D eigenvalue weighted by Crippen LogP contribution is -2.49. The molecule has 0 bridgehead atoms. The van der Waals surface area contributed by atoms with Gasteiger partial charge >= 0.3 is 6.03 Å². The summed E-state index contributed by atoms with van der Waals surface area (Å²) < 4.78 is 0. The number of benzene rings is 1. The minimum Gasteiger partial charge on any atom is -0.370 e. The van der Waals surface area contributed by atoms with Gasteiger partial charge in [-0.2, -0.15) is 0 Å². The number of urea groups is 1. The summed E-state index contributed by atoms with van der Waals surface area (Å²) >= 11 is 0. The summed E-state index contributed by atoms with van der Waals surface area (Å²) in [6.07, 6.45) is 2.33. The molecular formula is C16H24N4O2. The fourth-order valence-electron chi connectivity index (χ4n) is 2.68. The van der Waals surface area contributed by atoms with Gasteiger partial charge in [0.15, 0.2) is 0 Å². The standard InChI is InChI=1S/C16H24N4O2/c1-11(2)14(15(17)21)19-16(22)18-12-7-3-4-8-13(12)20-9-5-6-10-20/h3-4,7-8,11,14H,5-6,9-10H2,1-2H3,(H2,17,21)(H2,18,19,22). The van der Waals surface area contributed by atoms with Gasteiger partial charge in [0.05, 0.1) is 11.4 Å². The normalized spacial score (nSPS) is 15.7. The van der Waals surface area contributed by atoms with E-state index in [0.29, 0.717) is 0 Å². The summed E-state index contributed by atoms with van der Waals surface area (Å²) in [6.45, 7) is 5.67. The zero-order valence-electron chi connectivity index (χ0n) is 13.1. The molecule has 0 aliphatic carbocycles. The molecule has 120 valence electrons. The third-order valence-corrected chi connectivity index (χ3v) is 3.86. The van der Waals surface area contributed by atoms with Crippen LogP contribution in [0.25, 0.3) is 0 Å². The zero-order valence-corrected chi connectivity index (χ0v) is 13.1. The van der Waals surface area contributed by atoms with Gasteiger partial charge in [-0.25, -0.2) is 4.79 Å². The summed E-state index contributed by atoms with van der Waals surface area (Å²) in [5, 5.41) is 5.47. The topological polar surface area (TPSA) is 87.5 Å². The van der Waals surface area contributed by atoms with E-state index in [0.717, 1.165) is 37.3 Å². The van der Waals surface area contributed by atoms with E-state index in [1.807, 2.05) is 38.1 Å². The molecule has 0 saturated carbocycles. The molecule has 0 spiro atoms. The lowest BCUT2D eigenvalue weighted by molar-refractivity contribution is -0.120. The average molecular weight is 304 g/mol. The van der Waals surface area contributed by atoms with Crippen LogP contribution in [0.3, 0.4) is 0 Å². The molecule has 1 unspecified atom stereocenters. The molecule has 1 saturated heterocycles. The van der Waals surface area contributed by atoms with Gasteiger partial charge in [-0.15, -0.1) is 0 Å². The highest BCUT2D eigenvalue weighted by Gasteiger charge is 2.22. The minimum absolute atomic E-state index is 0.0583. The van der Waals surface area contributed by atoms with Crippen molar-refractivity contribution >= 4 is 23.3 Å². The number of primary amides is 1. The molecule has 2 rings (SSSR count). The maximum absolute atomic E-state index is 12.2. The molecule has 6 heteroatoms. The highest BCUT2D eigenvalue weighted by Crippen LogP contribution is 2.28. The fourth-order valence-corrected chi connectivity index (χ4v) is 2.68. The second-order valence-electron chi connectivity index (χ2n) is 5.93. The van der Waals surface area contributed by atoms with Crippen molar-refractivity contribution < 1.29 is 9.59 Å². The van der Waals surface area contributed by atoms with E-state index in [1.165, 1.54) is 0 Å². The third-order valence-electron chi connectivity index (χ3n) is 3.86. The van der Waals surface area contributed by atoms with Crippen LogP contribution in [0, 0.1) is 5.92 Å². The first-order chi connectivity index (χ1) is 10.5. The van der Waals surface area contributed by atoms with Crippen LogP contribution in [0.1, 0.15) is 26.7 Å². The van der Waals surface area contributed by atoms with Crippen LogP contribution in [-0.2, 0) is 4.79 Å². The summed E-state index contributed by atoms with van der Waals surface area (Å²) in [4.78, 5) is 25.8. The Morgan fingerprint density at radius 3 is 2.41 bits per heavy atom. The number of hydrogen-bond acceptors (Lipinski definition) is 3. The van der Waals surface area contributed by atoms with Gasteiger partial charge in [-0.3, -0.25) is 4.79 Å². The Morgan fingerprint density at radius 2 is 1.82 bits per heavy atom. The van der Waals surface area contributed by atoms with Crippen LogP contribution in [0.4, 0.5) is 16.2 Å². The first kappa shape index (κ1) is 16.1. The number of carbonyl (C=O) groups excluding carboxylic acids is 2. The highest BCUT2D eigenvalue weighted by atomic mass is 16.2. The highest BCUT2D eigenvalue weighted by molar-refractivity contribution is 5.96. The van der Waals surface area contributed by atoms with Gasteiger partial charge in [-0.05, 0) is 30.9 Å². The maximum Gasteiger partial charge on any atom is 0.319 e. The van der Waals surface area contributed by atoms with Crippen LogP contribution >= 0.6 is 0 Å². The monoisotopic (exact) mass is 304 g/mol. The number of nitrogens with one attached hydrogen (secondary N) is 2. The van der Waals surface area contributed by atoms with Crippen molar-refractivity contribution in [1.82, 2.24) is 5.32 Å². The Morgan fingerprint density at radius 1 is 1.18 bits per heavy atom. The second kappa shape index (κ2) is 7.15. The molecule has 0 aromatic heterocycles. The van der Waals surface area contributed by atoms with E-state index in [-0.39, 0.29) is 5.92 Å². The number of para-hydroxylation sites is 2. The van der Waals surface area contributed by atoms with E-state index in [1.54, 1.807) is 0 Å². The van der Waals surface area contributed by atoms with Gasteiger partial charge in [0.1, 0.15) is 6.04 Å². The average Bonchev–Trinajstić information content (AvgIpc) is 2.98. The first-order valence-electron chi connectivity index (χ1n) is 7.70. The second-order valence-corrected chi connectivity index (χ2v) is 5.93. The zero-order chi connectivity index (χ0) is 16.1. The third kappa shape index (κ3) is 3.90. The van der Waals surface area contributed by atoms with E-state index in [4.69, 9.17) is 5.73 Å². The molecule has 1 fully saturated rings. The predicted octanol–water partition coefficient (Wildman–Crippen LogP) is 1.92. The molecule has 6 nitrogen and oxygen atoms in total. The quantitative estimate of drug-likeness (QED) is 0.776. The molecule has 0 radical (unpaired) electrons. The number of carbonyl (C=O) groups is 2. The van der Waals surface area contributed by atoms with Gasteiger partial charge in [0.25, 0.3) is 0 Å². The van der Waals surface area contributed by atoms with Crippen LogP contribution in [-0.4, -0.2) is 31.1 Å². The molecule has 22 heavy (non-hydrogen) atoms. The number of nitrogens with zero attached hydrogens (tertiary/aromatic N) is 1. The van der Waals surface area contributed by atoms with Gasteiger partial charge in [0, 0.05) is 13.1 Å². The predicted molar refractivity (Wildman–Crippen MR) is 87.9 cm³/mol. The van der Waals surface area contributed by atoms with Crippen LogP contribution in [0.2, 0.25) is 0 Å². The van der Waals surface area contributed by atoms with Crippen molar-refractivity contribution in [2.45, 2.75) is 32.7 Å². The summed E-state index contributed by atoms with van der Waals surface area (Å²) in [5.41, 5.74) is 7.07. The van der Waals surface area contributed by atoms with E-state index in [9.17, 15) is 9.59 Å². The van der Waals surface area contributed by atoms with Crippen LogP contribution in [0.15, 0.2) is 24.3 Å². The SMILES string of the molecule is CC(C)C(NC(=O)Nc1ccccc1N1CCCC1)C(N)=O. The van der Waals surface area contributed by atoms with Crippen molar-refractivity contribution in [3.63, 3.8) is 0 Å². The lowest BCUT2D eigenvalue weighted by atomic mass is 10.0. The number of anilines is 2. The molecule has 1 atom stereocenters. The molecule has 1 aromatic rings. The Balaban J connectivity index is 2.07. The fraction of sp³-hybridized carbons (Fsp3) is 0.500. The number of nitrogens with two attached hydrogens (primary N) is 1. The maximum atomic E-state index is 12.2. The van der Waals surface area contributed by atoms with Crippen molar-refractivity contribution in [3.05, 3.63) is 24.3 Å². The van der Waals surface area contributed by atoms with Crippen LogP contribution in [0.5, 0.6) is 0 Å². The minimum atomic E-state index is -0.682. The summed E-state index contributed by atoms with van der Waals surface area (Å²) in [7, 11) is 0. The first-order valence-corrected chi connectivity index (χ1v) is 7.70. The molecule has 1 aliphatic rings. The smallest absolute Gasteiger partial charge is 0.319 e. The number of hydrogen-bond donors (Lipinski definition) is 3. The molecule has 4 N–H and O–H groups in total. The molecule has 1 aromatic carbocycles. The Bertz CT molecular complexity index is 539.